The Morgan fingerprint density at radius 1 is 0.545 bits per heavy atom. The van der Waals surface area contributed by atoms with Gasteiger partial charge in [-0.2, -0.15) is 0 Å². The SMILES string of the molecule is CCCC.CCCC.O=C([O-])CC(C(=O)[O-])=C1CC1.O=C([O-])CC(C(=O)[O-])=C1CCCCC1. The third-order valence-electron chi connectivity index (χ3n) is 4.95. The lowest BCUT2D eigenvalue weighted by atomic mass is 9.90. The number of hydrogen-bond donors (Lipinski definition) is 0. The van der Waals surface area contributed by atoms with Gasteiger partial charge in [-0.15, -0.1) is 0 Å². The van der Waals surface area contributed by atoms with Gasteiger partial charge >= 0.3 is 0 Å². The minimum Gasteiger partial charge on any atom is -0.550 e. The Balaban J connectivity index is 0. The highest BCUT2D eigenvalue weighted by molar-refractivity contribution is 5.92. The molecule has 190 valence electrons. The summed E-state index contributed by atoms with van der Waals surface area (Å²) in [6, 6.07) is 0. The molecule has 2 aliphatic rings. The second-order valence-corrected chi connectivity index (χ2v) is 7.90. The highest BCUT2D eigenvalue weighted by atomic mass is 16.4. The van der Waals surface area contributed by atoms with Crippen molar-refractivity contribution in [3.63, 3.8) is 0 Å². The van der Waals surface area contributed by atoms with Crippen LogP contribution >= 0.6 is 0 Å². The van der Waals surface area contributed by atoms with Crippen molar-refractivity contribution in [2.75, 3.05) is 0 Å². The molecule has 0 radical (unpaired) electrons. The maximum atomic E-state index is 10.7. The average Bonchev–Trinajstić information content (AvgIpc) is 3.62. The number of carbonyl (C=O) groups is 4. The molecule has 0 aromatic carbocycles. The Kier molecular flexibility index (Phi) is 19.7. The quantitative estimate of drug-likeness (QED) is 0.473. The smallest absolute Gasteiger partial charge is 0.0678 e. The average molecular weight is 467 g/mol. The van der Waals surface area contributed by atoms with Crippen LogP contribution in [0.15, 0.2) is 22.3 Å². The minimum atomic E-state index is -1.39. The minimum absolute atomic E-state index is 0.0790. The topological polar surface area (TPSA) is 161 Å². The van der Waals surface area contributed by atoms with Crippen LogP contribution in [0, 0.1) is 0 Å². The molecular formula is C25H38O8-4. The molecule has 8 heteroatoms. The summed E-state index contributed by atoms with van der Waals surface area (Å²) in [4.78, 5) is 41.3. The molecule has 2 fully saturated rings. The van der Waals surface area contributed by atoms with E-state index in [2.05, 4.69) is 27.7 Å². The normalized spacial score (nSPS) is 13.6. The third-order valence-corrected chi connectivity index (χ3v) is 4.95. The van der Waals surface area contributed by atoms with E-state index in [0.717, 1.165) is 24.8 Å². The standard InChI is InChI=1S/C10H14O4.C7H8O4.2C4H10/c11-9(12)6-8(10(13)14)7-4-2-1-3-5-7;8-6(9)3-5(7(10)11)4-1-2-4;2*1-3-4-2/h1-6H2,(H,11,12)(H,13,14);1-3H2,(H,8,9)(H,10,11);2*3-4H2,1-2H3/p-4. The lowest BCUT2D eigenvalue weighted by Gasteiger charge is -2.20. The van der Waals surface area contributed by atoms with Gasteiger partial charge in [0.05, 0.1) is 11.9 Å². The fraction of sp³-hybridized carbons (Fsp3) is 0.680. The van der Waals surface area contributed by atoms with Gasteiger partial charge in [0.25, 0.3) is 0 Å². The van der Waals surface area contributed by atoms with E-state index in [1.54, 1.807) is 0 Å². The molecule has 2 aliphatic carbocycles. The number of rotatable bonds is 8. The maximum absolute atomic E-state index is 10.7. The van der Waals surface area contributed by atoms with Gasteiger partial charge in [-0.25, -0.2) is 0 Å². The molecule has 0 aliphatic heterocycles. The van der Waals surface area contributed by atoms with Gasteiger partial charge in [-0.05, 0) is 49.7 Å². The largest absolute Gasteiger partial charge is 0.550 e. The summed E-state index contributed by atoms with van der Waals surface area (Å²) in [6.07, 6.45) is 9.86. The Morgan fingerprint density at radius 2 is 0.848 bits per heavy atom. The molecule has 0 aromatic rings. The molecule has 0 spiro atoms. The third kappa shape index (κ3) is 18.6. The molecule has 0 bridgehead atoms. The van der Waals surface area contributed by atoms with Gasteiger partial charge in [0, 0.05) is 24.8 Å². The fourth-order valence-corrected chi connectivity index (χ4v) is 2.62. The van der Waals surface area contributed by atoms with E-state index in [1.807, 2.05) is 0 Å². The summed E-state index contributed by atoms with van der Waals surface area (Å²) in [5.41, 5.74) is 1.21. The monoisotopic (exact) mass is 466 g/mol. The Labute approximate surface area is 197 Å². The van der Waals surface area contributed by atoms with E-state index in [0.29, 0.717) is 31.3 Å². The molecule has 2 saturated carbocycles. The van der Waals surface area contributed by atoms with Gasteiger partial charge in [0.2, 0.25) is 0 Å². The summed E-state index contributed by atoms with van der Waals surface area (Å²) in [7, 11) is 0. The zero-order chi connectivity index (χ0) is 25.8. The van der Waals surface area contributed by atoms with Crippen molar-refractivity contribution >= 4 is 23.9 Å². The number of hydrogen-bond acceptors (Lipinski definition) is 8. The molecule has 0 N–H and O–H groups in total. The zero-order valence-electron chi connectivity index (χ0n) is 20.5. The first-order chi connectivity index (χ1) is 15.5. The highest BCUT2D eigenvalue weighted by Gasteiger charge is 2.18. The van der Waals surface area contributed by atoms with Crippen molar-refractivity contribution in [3.05, 3.63) is 22.3 Å². The van der Waals surface area contributed by atoms with Crippen LogP contribution in [0.2, 0.25) is 0 Å². The summed E-state index contributed by atoms with van der Waals surface area (Å²) >= 11 is 0. The summed E-state index contributed by atoms with van der Waals surface area (Å²) in [5, 5.41) is 41.3. The molecule has 0 heterocycles. The number of aliphatic carboxylic acids is 4. The number of carboxylic acid groups (broad SMARTS) is 4. The van der Waals surface area contributed by atoms with Crippen LogP contribution in [-0.4, -0.2) is 23.9 Å². The molecule has 0 amide bonds. The molecule has 33 heavy (non-hydrogen) atoms. The van der Waals surface area contributed by atoms with Crippen LogP contribution in [0.1, 0.15) is 111 Å². The van der Waals surface area contributed by atoms with Crippen molar-refractivity contribution in [2.45, 2.75) is 111 Å². The van der Waals surface area contributed by atoms with Crippen LogP contribution in [0.25, 0.3) is 0 Å². The van der Waals surface area contributed by atoms with Gasteiger partial charge < -0.3 is 39.6 Å². The van der Waals surface area contributed by atoms with Crippen LogP contribution in [0.3, 0.4) is 0 Å². The van der Waals surface area contributed by atoms with E-state index in [4.69, 9.17) is 0 Å². The first kappa shape index (κ1) is 32.5. The first-order valence-electron chi connectivity index (χ1n) is 11.8. The maximum Gasteiger partial charge on any atom is 0.0678 e. The first-order valence-corrected chi connectivity index (χ1v) is 11.8. The van der Waals surface area contributed by atoms with Gasteiger partial charge in [0.15, 0.2) is 0 Å². The predicted octanol–water partition coefficient (Wildman–Crippen LogP) is 0.717. The molecule has 0 aromatic heterocycles. The van der Waals surface area contributed by atoms with Crippen LogP contribution in [0.5, 0.6) is 0 Å². The molecule has 8 nitrogen and oxygen atoms in total. The number of allylic oxidation sites excluding steroid dienone is 2. The summed E-state index contributed by atoms with van der Waals surface area (Å²) in [5.74, 6) is -5.49. The molecule has 2 rings (SSSR count). The van der Waals surface area contributed by atoms with Gasteiger partial charge in [-0.1, -0.05) is 70.9 Å². The Hall–Kier alpha value is -2.64. The lowest BCUT2D eigenvalue weighted by Crippen LogP contribution is -2.31. The molecule has 0 unspecified atom stereocenters. The lowest BCUT2D eigenvalue weighted by molar-refractivity contribution is -0.309. The van der Waals surface area contributed by atoms with Crippen LogP contribution in [0.4, 0.5) is 0 Å². The van der Waals surface area contributed by atoms with Crippen molar-refractivity contribution in [1.82, 2.24) is 0 Å². The van der Waals surface area contributed by atoms with E-state index in [9.17, 15) is 39.6 Å². The van der Waals surface area contributed by atoms with Crippen molar-refractivity contribution in [2.24, 2.45) is 0 Å². The highest BCUT2D eigenvalue weighted by Crippen LogP contribution is 2.32. The fourth-order valence-electron chi connectivity index (χ4n) is 2.62. The summed E-state index contributed by atoms with van der Waals surface area (Å²) < 4.78 is 0. The second kappa shape index (κ2) is 20.0. The van der Waals surface area contributed by atoms with Crippen molar-refractivity contribution in [1.29, 1.82) is 0 Å². The van der Waals surface area contributed by atoms with Crippen molar-refractivity contribution < 1.29 is 39.6 Å². The van der Waals surface area contributed by atoms with E-state index in [-0.39, 0.29) is 11.1 Å². The Bertz CT molecular complexity index is 667. The molecule has 0 atom stereocenters. The summed E-state index contributed by atoms with van der Waals surface area (Å²) in [6.45, 7) is 8.72. The predicted molar refractivity (Wildman–Crippen MR) is 117 cm³/mol. The van der Waals surface area contributed by atoms with Crippen LogP contribution in [-0.2, 0) is 19.2 Å². The van der Waals surface area contributed by atoms with Crippen LogP contribution < -0.4 is 20.4 Å². The van der Waals surface area contributed by atoms with Gasteiger partial charge in [0.1, 0.15) is 0 Å². The zero-order valence-corrected chi connectivity index (χ0v) is 20.5. The molecule has 0 saturated heterocycles. The van der Waals surface area contributed by atoms with E-state index in [1.165, 1.54) is 25.7 Å². The Morgan fingerprint density at radius 3 is 1.06 bits per heavy atom. The van der Waals surface area contributed by atoms with Crippen molar-refractivity contribution in [3.8, 4) is 0 Å². The number of unbranched alkanes of at least 4 members (excludes halogenated alkanes) is 2. The van der Waals surface area contributed by atoms with E-state index < -0.39 is 36.7 Å². The number of carboxylic acids is 4. The van der Waals surface area contributed by atoms with E-state index >= 15 is 0 Å². The number of carbonyl (C=O) groups excluding carboxylic acids is 4. The molecular weight excluding hydrogens is 428 g/mol. The van der Waals surface area contributed by atoms with Gasteiger partial charge in [-0.3, -0.25) is 0 Å². The second-order valence-electron chi connectivity index (χ2n) is 7.90.